The van der Waals surface area contributed by atoms with Gasteiger partial charge in [-0.1, -0.05) is 12.8 Å². The molecule has 0 aromatic carbocycles. The van der Waals surface area contributed by atoms with Crippen LogP contribution in [0.15, 0.2) is 17.3 Å². The number of aromatic nitrogens is 2. The van der Waals surface area contributed by atoms with Gasteiger partial charge in [0.15, 0.2) is 5.03 Å². The quantitative estimate of drug-likeness (QED) is 0.780. The van der Waals surface area contributed by atoms with Crippen molar-refractivity contribution in [2.75, 3.05) is 6.54 Å². The van der Waals surface area contributed by atoms with E-state index in [2.05, 4.69) is 10.2 Å². The van der Waals surface area contributed by atoms with Gasteiger partial charge in [0.25, 0.3) is 10.0 Å². The fourth-order valence-electron chi connectivity index (χ4n) is 1.92. The molecule has 0 spiro atoms. The molecule has 0 saturated carbocycles. The Hall–Kier alpha value is -0.920. The van der Waals surface area contributed by atoms with Crippen LogP contribution in [0.3, 0.4) is 0 Å². The molecule has 2 heterocycles. The van der Waals surface area contributed by atoms with Crippen LogP contribution < -0.4 is 5.73 Å². The molecule has 90 valence electrons. The lowest BCUT2D eigenvalue weighted by Gasteiger charge is -2.24. The molecular weight excluding hydrogens is 228 g/mol. The highest BCUT2D eigenvalue weighted by molar-refractivity contribution is 7.89. The topological polar surface area (TPSA) is 92.1 Å². The van der Waals surface area contributed by atoms with Crippen molar-refractivity contribution in [1.82, 2.24) is 14.5 Å². The summed E-state index contributed by atoms with van der Waals surface area (Å²) in [7, 11) is -3.50. The van der Waals surface area contributed by atoms with E-state index in [1.165, 1.54) is 16.6 Å². The molecule has 2 rings (SSSR count). The highest BCUT2D eigenvalue weighted by Crippen LogP contribution is 2.20. The highest BCUT2D eigenvalue weighted by atomic mass is 32.2. The van der Waals surface area contributed by atoms with Gasteiger partial charge in [0.1, 0.15) is 0 Å². The van der Waals surface area contributed by atoms with Gasteiger partial charge >= 0.3 is 0 Å². The Morgan fingerprint density at radius 1 is 1.44 bits per heavy atom. The van der Waals surface area contributed by atoms with Crippen molar-refractivity contribution in [2.24, 2.45) is 5.73 Å². The smallest absolute Gasteiger partial charge is 0.261 e. The first-order valence-corrected chi connectivity index (χ1v) is 6.83. The fraction of sp³-hybridized carbons (Fsp3) is 0.667. The largest absolute Gasteiger partial charge is 0.315 e. The van der Waals surface area contributed by atoms with Crippen molar-refractivity contribution in [1.29, 1.82) is 0 Å². The summed E-state index contributed by atoms with van der Waals surface area (Å²) in [4.78, 5) is 0. The Labute approximate surface area is 94.9 Å². The number of nitrogens with one attached hydrogen (secondary N) is 1. The van der Waals surface area contributed by atoms with Gasteiger partial charge in [0.05, 0.1) is 12.4 Å². The zero-order valence-electron chi connectivity index (χ0n) is 8.96. The Morgan fingerprint density at radius 3 is 2.94 bits per heavy atom. The SMILES string of the molecule is NC1CCCCCN1S(=O)(=O)c1ccn[nH]1. The van der Waals surface area contributed by atoms with E-state index in [9.17, 15) is 8.42 Å². The molecule has 0 bridgehead atoms. The molecule has 3 N–H and O–H groups in total. The Balaban J connectivity index is 2.28. The summed E-state index contributed by atoms with van der Waals surface area (Å²) in [6, 6.07) is 1.45. The Bertz CT molecular complexity index is 428. The fourth-order valence-corrected chi connectivity index (χ4v) is 3.40. The van der Waals surface area contributed by atoms with Crippen LogP contribution in [-0.4, -0.2) is 35.6 Å². The lowest BCUT2D eigenvalue weighted by molar-refractivity contribution is 0.328. The summed E-state index contributed by atoms with van der Waals surface area (Å²) in [6.07, 6.45) is 4.60. The minimum atomic E-state index is -3.50. The number of nitrogens with two attached hydrogens (primary N) is 1. The first-order valence-electron chi connectivity index (χ1n) is 5.39. The van der Waals surface area contributed by atoms with Crippen LogP contribution in [0.2, 0.25) is 0 Å². The number of aromatic amines is 1. The van der Waals surface area contributed by atoms with Crippen LogP contribution in [0.4, 0.5) is 0 Å². The minimum Gasteiger partial charge on any atom is -0.315 e. The molecule has 6 nitrogen and oxygen atoms in total. The van der Waals surface area contributed by atoms with Crippen molar-refractivity contribution >= 4 is 10.0 Å². The van der Waals surface area contributed by atoms with Gasteiger partial charge in [-0.05, 0) is 18.9 Å². The van der Waals surface area contributed by atoms with Crippen LogP contribution >= 0.6 is 0 Å². The van der Waals surface area contributed by atoms with E-state index in [1.807, 2.05) is 0 Å². The second-order valence-electron chi connectivity index (χ2n) is 3.95. The lowest BCUT2D eigenvalue weighted by Crippen LogP contribution is -2.45. The molecule has 1 fully saturated rings. The predicted octanol–water partition coefficient (Wildman–Crippen LogP) is 0.259. The van der Waals surface area contributed by atoms with Crippen molar-refractivity contribution < 1.29 is 8.42 Å². The van der Waals surface area contributed by atoms with Gasteiger partial charge in [-0.2, -0.15) is 9.40 Å². The van der Waals surface area contributed by atoms with E-state index in [0.717, 1.165) is 19.3 Å². The average molecular weight is 244 g/mol. The van der Waals surface area contributed by atoms with Crippen molar-refractivity contribution in [2.45, 2.75) is 36.9 Å². The van der Waals surface area contributed by atoms with Crippen molar-refractivity contribution in [3.05, 3.63) is 12.3 Å². The van der Waals surface area contributed by atoms with Crippen molar-refractivity contribution in [3.63, 3.8) is 0 Å². The highest BCUT2D eigenvalue weighted by Gasteiger charge is 2.31. The maximum absolute atomic E-state index is 12.2. The number of sulfonamides is 1. The molecule has 1 saturated heterocycles. The molecule has 0 radical (unpaired) electrons. The van der Waals surface area contributed by atoms with Gasteiger partial charge in [-0.3, -0.25) is 5.10 Å². The molecule has 1 atom stereocenters. The first kappa shape index (κ1) is 11.6. The van der Waals surface area contributed by atoms with Gasteiger partial charge < -0.3 is 5.73 Å². The van der Waals surface area contributed by atoms with Gasteiger partial charge in [-0.25, -0.2) is 8.42 Å². The number of H-pyrrole nitrogens is 1. The summed E-state index contributed by atoms with van der Waals surface area (Å²) in [5.41, 5.74) is 5.88. The maximum Gasteiger partial charge on any atom is 0.261 e. The minimum absolute atomic E-state index is 0.116. The molecule has 7 heteroatoms. The molecule has 0 amide bonds. The van der Waals surface area contributed by atoms with Crippen LogP contribution in [0.25, 0.3) is 0 Å². The second kappa shape index (κ2) is 4.52. The predicted molar refractivity (Wildman–Crippen MR) is 58.9 cm³/mol. The standard InChI is InChI=1S/C9H16N4O2S/c10-8-4-2-1-3-7-13(8)16(14,15)9-5-6-11-12-9/h5-6,8H,1-4,7,10H2,(H,11,12). The zero-order valence-corrected chi connectivity index (χ0v) is 9.78. The van der Waals surface area contributed by atoms with E-state index in [0.29, 0.717) is 13.0 Å². The third kappa shape index (κ3) is 2.11. The van der Waals surface area contributed by atoms with E-state index in [4.69, 9.17) is 5.73 Å². The molecule has 1 aromatic heterocycles. The average Bonchev–Trinajstić information content (AvgIpc) is 2.69. The normalized spacial score (nSPS) is 24.2. The van der Waals surface area contributed by atoms with Crippen molar-refractivity contribution in [3.8, 4) is 0 Å². The number of rotatable bonds is 2. The van der Waals surface area contributed by atoms with Gasteiger partial charge in [-0.15, -0.1) is 0 Å². The second-order valence-corrected chi connectivity index (χ2v) is 5.81. The summed E-state index contributed by atoms with van der Waals surface area (Å²) < 4.78 is 25.7. The van der Waals surface area contributed by atoms with Crippen LogP contribution in [-0.2, 0) is 10.0 Å². The summed E-state index contributed by atoms with van der Waals surface area (Å²) in [5.74, 6) is 0. The number of hydrogen-bond donors (Lipinski definition) is 2. The van der Waals surface area contributed by atoms with Gasteiger partial charge in [0.2, 0.25) is 0 Å². The molecule has 16 heavy (non-hydrogen) atoms. The van der Waals surface area contributed by atoms with E-state index in [1.54, 1.807) is 0 Å². The Kier molecular flexibility index (Phi) is 3.27. The molecule has 1 aliphatic rings. The van der Waals surface area contributed by atoms with E-state index in [-0.39, 0.29) is 5.03 Å². The Morgan fingerprint density at radius 2 is 2.25 bits per heavy atom. The van der Waals surface area contributed by atoms with Crippen LogP contribution in [0.5, 0.6) is 0 Å². The van der Waals surface area contributed by atoms with Gasteiger partial charge in [0, 0.05) is 6.54 Å². The zero-order chi connectivity index (χ0) is 11.6. The van der Waals surface area contributed by atoms with E-state index >= 15 is 0 Å². The summed E-state index contributed by atoms with van der Waals surface area (Å²) >= 11 is 0. The molecule has 1 unspecified atom stereocenters. The molecular formula is C9H16N4O2S. The van der Waals surface area contributed by atoms with Crippen LogP contribution in [0, 0.1) is 0 Å². The molecule has 1 aromatic rings. The molecule has 0 aliphatic carbocycles. The number of nitrogens with zero attached hydrogens (tertiary/aromatic N) is 2. The van der Waals surface area contributed by atoms with E-state index < -0.39 is 16.2 Å². The summed E-state index contributed by atoms with van der Waals surface area (Å²) in [6.45, 7) is 0.489. The molecule has 1 aliphatic heterocycles. The third-order valence-corrected chi connectivity index (χ3v) is 4.66. The van der Waals surface area contributed by atoms with Crippen LogP contribution in [0.1, 0.15) is 25.7 Å². The lowest BCUT2D eigenvalue weighted by atomic mass is 10.2. The number of hydrogen-bond acceptors (Lipinski definition) is 4. The monoisotopic (exact) mass is 244 g/mol. The maximum atomic E-state index is 12.2. The summed E-state index contributed by atoms with van der Waals surface area (Å²) in [5, 5.41) is 6.26. The first-order chi connectivity index (χ1) is 7.62. The third-order valence-electron chi connectivity index (χ3n) is 2.81.